The summed E-state index contributed by atoms with van der Waals surface area (Å²) in [7, 11) is 0. The molecule has 2 nitrogen and oxygen atoms in total. The number of aromatic nitrogens is 2. The predicted molar refractivity (Wildman–Crippen MR) is 81.1 cm³/mol. The first-order chi connectivity index (χ1) is 9.24. The third-order valence-corrected chi connectivity index (χ3v) is 4.17. The zero-order chi connectivity index (χ0) is 13.2. The first-order valence-electron chi connectivity index (χ1n) is 6.62. The molecule has 1 N–H and O–H groups in total. The molecule has 0 amide bonds. The van der Waals surface area contributed by atoms with E-state index in [1.54, 1.807) is 0 Å². The van der Waals surface area contributed by atoms with E-state index in [0.29, 0.717) is 0 Å². The van der Waals surface area contributed by atoms with Gasteiger partial charge in [-0.1, -0.05) is 30.2 Å². The topological polar surface area (TPSA) is 28.7 Å². The van der Waals surface area contributed by atoms with Gasteiger partial charge in [0, 0.05) is 21.8 Å². The van der Waals surface area contributed by atoms with Crippen molar-refractivity contribution < 1.29 is 0 Å². The van der Waals surface area contributed by atoms with Crippen LogP contribution >= 0.6 is 23.8 Å². The first-order valence-corrected chi connectivity index (χ1v) is 7.41. The number of aromatic amines is 1. The Balaban J connectivity index is 2.08. The number of aryl methyl sites for hydroxylation is 1. The molecule has 1 aromatic heterocycles. The number of rotatable bonds is 1. The van der Waals surface area contributed by atoms with Crippen molar-refractivity contribution in [1.29, 1.82) is 0 Å². The largest absolute Gasteiger partial charge is 0.343 e. The van der Waals surface area contributed by atoms with Gasteiger partial charge in [0.15, 0.2) is 0 Å². The average Bonchev–Trinajstić information content (AvgIpc) is 2.65. The number of benzene rings is 1. The second-order valence-corrected chi connectivity index (χ2v) is 5.74. The van der Waals surface area contributed by atoms with E-state index in [9.17, 15) is 0 Å². The Kier molecular flexibility index (Phi) is 3.67. The Morgan fingerprint density at radius 2 is 1.79 bits per heavy atom. The van der Waals surface area contributed by atoms with E-state index in [0.717, 1.165) is 33.9 Å². The van der Waals surface area contributed by atoms with Gasteiger partial charge in [0.1, 0.15) is 10.5 Å². The second kappa shape index (κ2) is 5.43. The number of nitrogens with zero attached hydrogens (tertiary/aromatic N) is 1. The highest BCUT2D eigenvalue weighted by Gasteiger charge is 2.12. The number of fused-ring (bicyclic) bond motifs is 1. The molecule has 0 fully saturated rings. The van der Waals surface area contributed by atoms with Crippen LogP contribution in [0.4, 0.5) is 0 Å². The van der Waals surface area contributed by atoms with Crippen molar-refractivity contribution in [3.63, 3.8) is 0 Å². The summed E-state index contributed by atoms with van der Waals surface area (Å²) in [6, 6.07) is 7.69. The van der Waals surface area contributed by atoms with Crippen LogP contribution in [-0.4, -0.2) is 9.97 Å². The van der Waals surface area contributed by atoms with E-state index in [2.05, 4.69) is 9.97 Å². The van der Waals surface area contributed by atoms with Gasteiger partial charge >= 0.3 is 0 Å². The Morgan fingerprint density at radius 3 is 2.58 bits per heavy atom. The Bertz CT molecular complexity index is 646. The SMILES string of the molecule is S=c1nc(-c2ccc(Cl)cc2)[nH]c2c1CCCCC2. The molecule has 1 aliphatic carbocycles. The van der Waals surface area contributed by atoms with Crippen LogP contribution in [0.5, 0.6) is 0 Å². The molecule has 0 bridgehead atoms. The Morgan fingerprint density at radius 1 is 1.05 bits per heavy atom. The lowest BCUT2D eigenvalue weighted by Gasteiger charge is -2.09. The van der Waals surface area contributed by atoms with E-state index in [1.807, 2.05) is 24.3 Å². The molecule has 1 aromatic carbocycles. The van der Waals surface area contributed by atoms with Gasteiger partial charge in [-0.05, 0) is 49.9 Å². The van der Waals surface area contributed by atoms with Gasteiger partial charge in [-0.3, -0.25) is 0 Å². The predicted octanol–water partition coefficient (Wildman–Crippen LogP) is 4.73. The summed E-state index contributed by atoms with van der Waals surface area (Å²) in [5, 5.41) is 0.733. The monoisotopic (exact) mass is 290 g/mol. The van der Waals surface area contributed by atoms with Gasteiger partial charge < -0.3 is 4.98 Å². The number of H-pyrrole nitrogens is 1. The maximum Gasteiger partial charge on any atom is 0.139 e. The van der Waals surface area contributed by atoms with E-state index in [4.69, 9.17) is 23.8 Å². The van der Waals surface area contributed by atoms with Crippen LogP contribution in [0.3, 0.4) is 0 Å². The van der Waals surface area contributed by atoms with Crippen molar-refractivity contribution in [1.82, 2.24) is 9.97 Å². The highest BCUT2D eigenvalue weighted by Crippen LogP contribution is 2.24. The number of halogens is 1. The van der Waals surface area contributed by atoms with E-state index in [-0.39, 0.29) is 0 Å². The van der Waals surface area contributed by atoms with Crippen LogP contribution in [0.1, 0.15) is 30.5 Å². The quantitative estimate of drug-likeness (QED) is 0.608. The summed E-state index contributed by atoms with van der Waals surface area (Å²) in [6.45, 7) is 0. The summed E-state index contributed by atoms with van der Waals surface area (Å²) >= 11 is 11.4. The third-order valence-electron chi connectivity index (χ3n) is 3.58. The van der Waals surface area contributed by atoms with Crippen LogP contribution in [0.25, 0.3) is 11.4 Å². The van der Waals surface area contributed by atoms with Crippen LogP contribution in [0.15, 0.2) is 24.3 Å². The van der Waals surface area contributed by atoms with Gasteiger partial charge in [0.25, 0.3) is 0 Å². The summed E-state index contributed by atoms with van der Waals surface area (Å²) in [6.07, 6.45) is 5.84. The minimum Gasteiger partial charge on any atom is -0.343 e. The van der Waals surface area contributed by atoms with Crippen molar-refractivity contribution in [2.24, 2.45) is 0 Å². The van der Waals surface area contributed by atoms with E-state index >= 15 is 0 Å². The molecule has 4 heteroatoms. The molecule has 0 atom stereocenters. The molecule has 1 aliphatic rings. The summed E-state index contributed by atoms with van der Waals surface area (Å²) in [5.74, 6) is 0.849. The molecule has 19 heavy (non-hydrogen) atoms. The lowest BCUT2D eigenvalue weighted by Crippen LogP contribution is -2.01. The maximum absolute atomic E-state index is 5.92. The normalized spacial score (nSPS) is 14.8. The molecule has 2 aromatic rings. The maximum atomic E-state index is 5.92. The van der Waals surface area contributed by atoms with Crippen molar-refractivity contribution in [2.75, 3.05) is 0 Å². The fourth-order valence-corrected chi connectivity index (χ4v) is 2.98. The first kappa shape index (κ1) is 12.8. The molecule has 3 rings (SSSR count). The molecule has 98 valence electrons. The van der Waals surface area contributed by atoms with Crippen molar-refractivity contribution in [3.8, 4) is 11.4 Å². The minimum atomic E-state index is 0.733. The molecule has 0 spiro atoms. The average molecular weight is 291 g/mol. The third kappa shape index (κ3) is 2.72. The van der Waals surface area contributed by atoms with Gasteiger partial charge in [0.2, 0.25) is 0 Å². The molecular weight excluding hydrogens is 276 g/mol. The molecule has 0 saturated carbocycles. The van der Waals surface area contributed by atoms with Gasteiger partial charge in [0.05, 0.1) is 0 Å². The van der Waals surface area contributed by atoms with Gasteiger partial charge in [-0.2, -0.15) is 0 Å². The summed E-state index contributed by atoms with van der Waals surface area (Å²) in [4.78, 5) is 8.00. The van der Waals surface area contributed by atoms with Crippen LogP contribution in [-0.2, 0) is 12.8 Å². The molecule has 0 radical (unpaired) electrons. The molecule has 0 saturated heterocycles. The fraction of sp³-hybridized carbons (Fsp3) is 0.333. The lowest BCUT2D eigenvalue weighted by molar-refractivity contribution is 0.708. The zero-order valence-electron chi connectivity index (χ0n) is 10.6. The summed E-state index contributed by atoms with van der Waals surface area (Å²) in [5.41, 5.74) is 3.54. The standard InChI is InChI=1S/C15H15ClN2S/c16-11-8-6-10(7-9-11)14-17-13-5-3-1-2-4-12(13)15(19)18-14/h6-9H,1-5H2,(H,17,18,19). The lowest BCUT2D eigenvalue weighted by atomic mass is 10.1. The smallest absolute Gasteiger partial charge is 0.139 e. The highest BCUT2D eigenvalue weighted by atomic mass is 35.5. The number of hydrogen-bond acceptors (Lipinski definition) is 2. The molecule has 0 aliphatic heterocycles. The van der Waals surface area contributed by atoms with Gasteiger partial charge in [-0.15, -0.1) is 0 Å². The number of hydrogen-bond donors (Lipinski definition) is 1. The molecule has 0 unspecified atom stereocenters. The highest BCUT2D eigenvalue weighted by molar-refractivity contribution is 7.71. The summed E-state index contributed by atoms with van der Waals surface area (Å²) < 4.78 is 0.751. The van der Waals surface area contributed by atoms with E-state index < -0.39 is 0 Å². The van der Waals surface area contributed by atoms with Crippen LogP contribution in [0.2, 0.25) is 5.02 Å². The Labute approximate surface area is 122 Å². The van der Waals surface area contributed by atoms with Crippen molar-refractivity contribution in [3.05, 3.63) is 45.2 Å². The number of nitrogens with one attached hydrogen (secondary N) is 1. The van der Waals surface area contributed by atoms with E-state index in [1.165, 1.54) is 30.5 Å². The Hall–Kier alpha value is -1.19. The fourth-order valence-electron chi connectivity index (χ4n) is 2.54. The molecular formula is C15H15ClN2S. The second-order valence-electron chi connectivity index (χ2n) is 4.92. The molecule has 1 heterocycles. The van der Waals surface area contributed by atoms with Crippen LogP contribution in [0, 0.1) is 4.64 Å². The van der Waals surface area contributed by atoms with Gasteiger partial charge in [-0.25, -0.2) is 4.98 Å². The van der Waals surface area contributed by atoms with Crippen molar-refractivity contribution in [2.45, 2.75) is 32.1 Å². The minimum absolute atomic E-state index is 0.733. The van der Waals surface area contributed by atoms with Crippen molar-refractivity contribution >= 4 is 23.8 Å². The zero-order valence-corrected chi connectivity index (χ0v) is 12.2. The van der Waals surface area contributed by atoms with Crippen LogP contribution < -0.4 is 0 Å².